The number of rotatable bonds is 61. The molecule has 0 rings (SSSR count). The molecular formula is C64H129NO3. The first-order chi connectivity index (χ1) is 33.7. The molecule has 2 atom stereocenters. The molecule has 0 aromatic carbocycles. The van der Waals surface area contributed by atoms with Crippen molar-refractivity contribution in [1.29, 1.82) is 0 Å². The summed E-state index contributed by atoms with van der Waals surface area (Å²) in [6, 6.07) is -0.532. The number of carbonyl (C=O) groups is 1. The minimum atomic E-state index is -0.656. The van der Waals surface area contributed by atoms with Gasteiger partial charge in [-0.25, -0.2) is 0 Å². The van der Waals surface area contributed by atoms with Crippen molar-refractivity contribution in [3.63, 3.8) is 0 Å². The number of nitrogens with one attached hydrogen (secondary N) is 1. The Labute approximate surface area is 429 Å². The molecule has 0 aliphatic carbocycles. The molecule has 0 radical (unpaired) electrons. The summed E-state index contributed by atoms with van der Waals surface area (Å²) in [5.74, 6) is -0.0201. The van der Waals surface area contributed by atoms with Crippen molar-refractivity contribution >= 4 is 5.91 Å². The van der Waals surface area contributed by atoms with Crippen LogP contribution in [0.5, 0.6) is 0 Å². The van der Waals surface area contributed by atoms with Crippen LogP contribution in [0, 0.1) is 0 Å². The minimum absolute atomic E-state index is 0.0201. The summed E-state index contributed by atoms with van der Waals surface area (Å²) >= 11 is 0. The largest absolute Gasteiger partial charge is 0.394 e. The molecule has 2 unspecified atom stereocenters. The Morgan fingerprint density at radius 2 is 0.471 bits per heavy atom. The smallest absolute Gasteiger partial charge is 0.220 e. The maximum atomic E-state index is 12.5. The number of hydrogen-bond acceptors (Lipinski definition) is 3. The van der Waals surface area contributed by atoms with Gasteiger partial charge in [0.05, 0.1) is 18.8 Å². The standard InChI is InChI=1S/C64H129NO3/c1-3-5-7-9-11-13-15-17-19-21-23-25-27-29-31-32-33-34-36-38-40-42-44-46-48-50-52-54-56-58-60-64(68)65-62(61-66)63(67)59-57-55-53-51-49-47-45-43-41-39-37-35-30-28-26-24-22-20-18-16-14-12-10-8-6-4-2/h62-63,66-67H,3-61H2,1-2H3,(H,65,68). The molecule has 4 heteroatoms. The van der Waals surface area contributed by atoms with Crippen LogP contribution >= 0.6 is 0 Å². The first kappa shape index (κ1) is 67.4. The molecule has 68 heavy (non-hydrogen) atoms. The van der Waals surface area contributed by atoms with Gasteiger partial charge in [0.2, 0.25) is 5.91 Å². The molecule has 0 aliphatic rings. The molecule has 0 bridgehead atoms. The molecule has 4 nitrogen and oxygen atoms in total. The first-order valence-corrected chi connectivity index (χ1v) is 32.2. The van der Waals surface area contributed by atoms with E-state index >= 15 is 0 Å². The van der Waals surface area contributed by atoms with Crippen molar-refractivity contribution in [2.45, 2.75) is 398 Å². The van der Waals surface area contributed by atoms with Crippen LogP contribution in [0.3, 0.4) is 0 Å². The predicted octanol–water partition coefficient (Wildman–Crippen LogP) is 21.5. The second-order valence-corrected chi connectivity index (χ2v) is 22.6. The van der Waals surface area contributed by atoms with Gasteiger partial charge < -0.3 is 15.5 Å². The van der Waals surface area contributed by atoms with E-state index in [0.717, 1.165) is 25.7 Å². The molecule has 0 aromatic rings. The average Bonchev–Trinajstić information content (AvgIpc) is 3.34. The summed E-state index contributed by atoms with van der Waals surface area (Å²) in [7, 11) is 0. The van der Waals surface area contributed by atoms with E-state index < -0.39 is 12.1 Å². The van der Waals surface area contributed by atoms with Crippen LogP contribution in [-0.4, -0.2) is 34.9 Å². The van der Waals surface area contributed by atoms with Gasteiger partial charge in [-0.05, 0) is 12.8 Å². The fraction of sp³-hybridized carbons (Fsp3) is 0.984. The summed E-state index contributed by atoms with van der Waals surface area (Å²) in [6.45, 7) is 4.42. The number of carbonyl (C=O) groups excluding carboxylic acids is 1. The van der Waals surface area contributed by atoms with Gasteiger partial charge in [0.25, 0.3) is 0 Å². The zero-order chi connectivity index (χ0) is 49.2. The highest BCUT2D eigenvalue weighted by Gasteiger charge is 2.20. The van der Waals surface area contributed by atoms with Gasteiger partial charge in [0.1, 0.15) is 0 Å². The minimum Gasteiger partial charge on any atom is -0.394 e. The first-order valence-electron chi connectivity index (χ1n) is 32.2. The average molecular weight is 961 g/mol. The lowest BCUT2D eigenvalue weighted by Gasteiger charge is -2.22. The number of amides is 1. The van der Waals surface area contributed by atoms with Crippen LogP contribution in [0.15, 0.2) is 0 Å². The molecule has 0 aliphatic heterocycles. The summed E-state index contributed by atoms with van der Waals surface area (Å²) in [6.07, 6.45) is 78.5. The molecule has 0 spiro atoms. The Morgan fingerprint density at radius 3 is 0.662 bits per heavy atom. The highest BCUT2D eigenvalue weighted by molar-refractivity contribution is 5.76. The zero-order valence-corrected chi connectivity index (χ0v) is 47.2. The summed E-state index contributed by atoms with van der Waals surface area (Å²) in [4.78, 5) is 12.5. The lowest BCUT2D eigenvalue weighted by atomic mass is 10.0. The van der Waals surface area contributed by atoms with Crippen molar-refractivity contribution in [3.8, 4) is 0 Å². The van der Waals surface area contributed by atoms with Gasteiger partial charge in [-0.2, -0.15) is 0 Å². The quantitative estimate of drug-likeness (QED) is 0.0532. The maximum Gasteiger partial charge on any atom is 0.220 e. The second kappa shape index (κ2) is 60.7. The van der Waals surface area contributed by atoms with Gasteiger partial charge in [0.15, 0.2) is 0 Å². The van der Waals surface area contributed by atoms with Crippen LogP contribution < -0.4 is 5.32 Å². The van der Waals surface area contributed by atoms with Gasteiger partial charge in [0, 0.05) is 6.42 Å². The van der Waals surface area contributed by atoms with E-state index in [2.05, 4.69) is 19.2 Å². The molecule has 0 aromatic heterocycles. The number of aliphatic hydroxyl groups is 2. The zero-order valence-electron chi connectivity index (χ0n) is 47.2. The Bertz CT molecular complexity index is 910. The Hall–Kier alpha value is -0.610. The number of hydrogen-bond donors (Lipinski definition) is 3. The van der Waals surface area contributed by atoms with Gasteiger partial charge in [-0.3, -0.25) is 4.79 Å². The normalized spacial score (nSPS) is 12.6. The van der Waals surface area contributed by atoms with E-state index in [1.807, 2.05) is 0 Å². The van der Waals surface area contributed by atoms with Crippen LogP contribution in [0.25, 0.3) is 0 Å². The Morgan fingerprint density at radius 1 is 0.294 bits per heavy atom. The van der Waals surface area contributed by atoms with Crippen molar-refractivity contribution in [2.75, 3.05) is 6.61 Å². The van der Waals surface area contributed by atoms with Crippen molar-refractivity contribution < 1.29 is 15.0 Å². The van der Waals surface area contributed by atoms with Crippen LogP contribution in [0.4, 0.5) is 0 Å². The highest BCUT2D eigenvalue weighted by Crippen LogP contribution is 2.19. The lowest BCUT2D eigenvalue weighted by Crippen LogP contribution is -2.45. The van der Waals surface area contributed by atoms with E-state index in [4.69, 9.17) is 0 Å². The van der Waals surface area contributed by atoms with Gasteiger partial charge in [-0.1, -0.05) is 367 Å². The second-order valence-electron chi connectivity index (χ2n) is 22.6. The predicted molar refractivity (Wildman–Crippen MR) is 304 cm³/mol. The van der Waals surface area contributed by atoms with E-state index in [1.165, 1.54) is 334 Å². The molecule has 3 N–H and O–H groups in total. The fourth-order valence-corrected chi connectivity index (χ4v) is 10.7. The van der Waals surface area contributed by atoms with Crippen molar-refractivity contribution in [1.82, 2.24) is 5.32 Å². The third-order valence-electron chi connectivity index (χ3n) is 15.6. The number of unbranched alkanes of at least 4 members (excludes halogenated alkanes) is 54. The molecule has 1 amide bonds. The SMILES string of the molecule is CCCCCCCCCCCCCCCCCCCCCCCCCCCCCCCCC(=O)NC(CO)C(O)CCCCCCCCCCCCCCCCCCCCCCCCCCCC. The van der Waals surface area contributed by atoms with Gasteiger partial charge in [-0.15, -0.1) is 0 Å². The summed E-state index contributed by atoms with van der Waals surface area (Å²) in [5.41, 5.74) is 0. The van der Waals surface area contributed by atoms with Crippen molar-refractivity contribution in [2.24, 2.45) is 0 Å². The Kier molecular flexibility index (Phi) is 60.1. The Balaban J connectivity index is 3.37. The molecule has 0 saturated heterocycles. The topological polar surface area (TPSA) is 69.6 Å². The third kappa shape index (κ3) is 56.3. The molecule has 0 fully saturated rings. The maximum absolute atomic E-state index is 12.5. The van der Waals surface area contributed by atoms with Crippen LogP contribution in [0.1, 0.15) is 386 Å². The number of aliphatic hydroxyl groups excluding tert-OH is 2. The summed E-state index contributed by atoms with van der Waals surface area (Å²) in [5, 5.41) is 23.4. The lowest BCUT2D eigenvalue weighted by molar-refractivity contribution is -0.123. The molecule has 408 valence electrons. The van der Waals surface area contributed by atoms with E-state index in [1.54, 1.807) is 0 Å². The van der Waals surface area contributed by atoms with E-state index in [0.29, 0.717) is 12.8 Å². The van der Waals surface area contributed by atoms with Crippen molar-refractivity contribution in [3.05, 3.63) is 0 Å². The molecule has 0 saturated carbocycles. The monoisotopic (exact) mass is 960 g/mol. The van der Waals surface area contributed by atoms with Crippen LogP contribution in [0.2, 0.25) is 0 Å². The van der Waals surface area contributed by atoms with Gasteiger partial charge >= 0.3 is 0 Å². The fourth-order valence-electron chi connectivity index (χ4n) is 10.7. The highest BCUT2D eigenvalue weighted by atomic mass is 16.3. The van der Waals surface area contributed by atoms with E-state index in [9.17, 15) is 15.0 Å². The van der Waals surface area contributed by atoms with Crippen LogP contribution in [-0.2, 0) is 4.79 Å². The summed E-state index contributed by atoms with van der Waals surface area (Å²) < 4.78 is 0. The third-order valence-corrected chi connectivity index (χ3v) is 15.6. The molecule has 0 heterocycles. The van der Waals surface area contributed by atoms with E-state index in [-0.39, 0.29) is 12.5 Å². The molecular weight excluding hydrogens is 831 g/mol.